The summed E-state index contributed by atoms with van der Waals surface area (Å²) in [6.07, 6.45) is 6.78. The molecule has 1 unspecified atom stereocenters. The molecule has 0 bridgehead atoms. The molecule has 33 heavy (non-hydrogen) atoms. The van der Waals surface area contributed by atoms with Crippen LogP contribution in [0.15, 0.2) is 30.7 Å². The van der Waals surface area contributed by atoms with Crippen LogP contribution in [-0.4, -0.2) is 70.3 Å². The Balaban J connectivity index is 1.50. The Hall–Kier alpha value is -3.66. The highest BCUT2D eigenvalue weighted by Gasteiger charge is 2.25. The number of likely N-dealkylation sites (N-methyl/N-ethyl adjacent to an activating group) is 1. The summed E-state index contributed by atoms with van der Waals surface area (Å²) in [6, 6.07) is 4.36. The van der Waals surface area contributed by atoms with Crippen LogP contribution in [0.4, 0.5) is 17.3 Å². The molecule has 1 fully saturated rings. The van der Waals surface area contributed by atoms with Crippen molar-refractivity contribution in [3.63, 3.8) is 0 Å². The van der Waals surface area contributed by atoms with Crippen LogP contribution in [-0.2, 0) is 7.05 Å². The number of carbonyl (C=O) groups is 1. The molecule has 0 radical (unpaired) electrons. The fraction of sp³-hybridized carbons (Fsp3) is 0.391. The molecule has 1 aliphatic rings. The molecule has 1 amide bonds. The lowest BCUT2D eigenvalue weighted by atomic mass is 10.1. The van der Waals surface area contributed by atoms with Gasteiger partial charge in [-0.2, -0.15) is 5.10 Å². The summed E-state index contributed by atoms with van der Waals surface area (Å²) < 4.78 is 3.65. The number of hydrogen-bond acceptors (Lipinski definition) is 7. The first kappa shape index (κ1) is 21.2. The minimum absolute atomic E-state index is 0.242. The molecule has 0 spiro atoms. The number of amides is 1. The van der Waals surface area contributed by atoms with Crippen molar-refractivity contribution >= 4 is 39.8 Å². The maximum absolute atomic E-state index is 13.3. The second kappa shape index (κ2) is 8.04. The first-order chi connectivity index (χ1) is 15.8. The molecule has 4 aromatic rings. The maximum Gasteiger partial charge on any atom is 0.259 e. The van der Waals surface area contributed by atoms with Crippen LogP contribution in [0.1, 0.15) is 22.5 Å². The molecule has 1 aliphatic heterocycles. The average molecular weight is 448 g/mol. The molecule has 0 aliphatic carbocycles. The van der Waals surface area contributed by atoms with Gasteiger partial charge in [0, 0.05) is 63.7 Å². The summed E-state index contributed by atoms with van der Waals surface area (Å²) >= 11 is 0. The van der Waals surface area contributed by atoms with E-state index in [1.54, 1.807) is 10.9 Å². The van der Waals surface area contributed by atoms with E-state index in [-0.39, 0.29) is 5.91 Å². The minimum atomic E-state index is -0.242. The molecule has 1 atom stereocenters. The number of imidazole rings is 1. The molecule has 2 N–H and O–H groups in total. The predicted octanol–water partition coefficient (Wildman–Crippen LogP) is 2.04. The van der Waals surface area contributed by atoms with Crippen molar-refractivity contribution in [3.8, 4) is 0 Å². The second-order valence-corrected chi connectivity index (χ2v) is 8.83. The van der Waals surface area contributed by atoms with E-state index >= 15 is 0 Å². The van der Waals surface area contributed by atoms with Crippen molar-refractivity contribution in [1.29, 1.82) is 0 Å². The number of benzene rings is 1. The lowest BCUT2D eigenvalue weighted by Gasteiger charge is -2.20. The van der Waals surface area contributed by atoms with E-state index in [0.29, 0.717) is 28.8 Å². The van der Waals surface area contributed by atoms with Gasteiger partial charge in [-0.3, -0.25) is 9.48 Å². The van der Waals surface area contributed by atoms with Crippen molar-refractivity contribution in [3.05, 3.63) is 42.0 Å². The Kier molecular flexibility index (Phi) is 5.16. The predicted molar refractivity (Wildman–Crippen MR) is 130 cm³/mol. The SMILES string of the molecule is CNC1CCN(c2ccc(C(=O)Nc3cn4cc(C)nc4c(N(C)C)n3)c3nn(C)cc23)C1. The smallest absolute Gasteiger partial charge is 0.259 e. The molecule has 10 heteroatoms. The molecule has 10 nitrogen and oxygen atoms in total. The van der Waals surface area contributed by atoms with Crippen molar-refractivity contribution in [1.82, 2.24) is 29.5 Å². The second-order valence-electron chi connectivity index (χ2n) is 8.83. The van der Waals surface area contributed by atoms with E-state index in [9.17, 15) is 4.79 Å². The number of aromatic nitrogens is 5. The Bertz CT molecular complexity index is 1350. The van der Waals surface area contributed by atoms with Gasteiger partial charge < -0.3 is 24.8 Å². The average Bonchev–Trinajstić information content (AvgIpc) is 3.48. The normalized spacial score (nSPS) is 16.2. The Morgan fingerprint density at radius 2 is 2.00 bits per heavy atom. The van der Waals surface area contributed by atoms with Crippen LogP contribution in [0.3, 0.4) is 0 Å². The van der Waals surface area contributed by atoms with Gasteiger partial charge in [-0.1, -0.05) is 0 Å². The van der Waals surface area contributed by atoms with Gasteiger partial charge in [0.05, 0.1) is 17.5 Å². The van der Waals surface area contributed by atoms with Crippen molar-refractivity contribution in [2.75, 3.05) is 49.3 Å². The molecule has 1 aromatic carbocycles. The molecular formula is C23H29N9O. The van der Waals surface area contributed by atoms with Crippen LogP contribution >= 0.6 is 0 Å². The fourth-order valence-corrected chi connectivity index (χ4v) is 4.53. The standard InChI is InChI=1S/C23H29N9O/c1-14-10-32-13-19(26-21(29(3)4)22(32)25-14)27-23(33)16-6-7-18(17-12-30(5)28-20(16)17)31-9-8-15(11-31)24-2/h6-7,10,12-13,15,24H,8-9,11H2,1-5H3,(H,27,33). The number of nitrogens with one attached hydrogen (secondary N) is 2. The number of fused-ring (bicyclic) bond motifs is 2. The van der Waals surface area contributed by atoms with Crippen molar-refractivity contribution in [2.45, 2.75) is 19.4 Å². The van der Waals surface area contributed by atoms with Gasteiger partial charge in [0.25, 0.3) is 5.91 Å². The summed E-state index contributed by atoms with van der Waals surface area (Å²) in [4.78, 5) is 26.7. The van der Waals surface area contributed by atoms with Gasteiger partial charge in [-0.05, 0) is 32.5 Å². The lowest BCUT2D eigenvalue weighted by molar-refractivity contribution is 0.102. The van der Waals surface area contributed by atoms with E-state index in [1.807, 2.05) is 68.9 Å². The number of aryl methyl sites for hydroxylation is 2. The van der Waals surface area contributed by atoms with Crippen LogP contribution in [0.5, 0.6) is 0 Å². The van der Waals surface area contributed by atoms with Crippen molar-refractivity contribution in [2.24, 2.45) is 7.05 Å². The molecule has 172 valence electrons. The first-order valence-electron chi connectivity index (χ1n) is 11.1. The van der Waals surface area contributed by atoms with Crippen LogP contribution in [0, 0.1) is 6.92 Å². The van der Waals surface area contributed by atoms with Gasteiger partial charge in [0.2, 0.25) is 0 Å². The summed E-state index contributed by atoms with van der Waals surface area (Å²) in [5.41, 5.74) is 3.95. The number of nitrogens with zero attached hydrogens (tertiary/aromatic N) is 7. The monoisotopic (exact) mass is 447 g/mol. The van der Waals surface area contributed by atoms with Gasteiger partial charge >= 0.3 is 0 Å². The third-order valence-electron chi connectivity index (χ3n) is 6.16. The van der Waals surface area contributed by atoms with E-state index in [0.717, 1.165) is 41.9 Å². The highest BCUT2D eigenvalue weighted by molar-refractivity contribution is 6.13. The zero-order chi connectivity index (χ0) is 23.3. The minimum Gasteiger partial charge on any atom is -0.369 e. The molecule has 4 heterocycles. The van der Waals surface area contributed by atoms with Crippen LogP contribution < -0.4 is 20.4 Å². The van der Waals surface area contributed by atoms with Gasteiger partial charge in [0.15, 0.2) is 17.3 Å². The largest absolute Gasteiger partial charge is 0.369 e. The maximum atomic E-state index is 13.3. The molecule has 3 aromatic heterocycles. The summed E-state index contributed by atoms with van der Waals surface area (Å²) in [6.45, 7) is 3.85. The summed E-state index contributed by atoms with van der Waals surface area (Å²) in [5, 5.41) is 11.9. The number of rotatable bonds is 5. The van der Waals surface area contributed by atoms with Crippen LogP contribution in [0.2, 0.25) is 0 Å². The Morgan fingerprint density at radius 3 is 2.73 bits per heavy atom. The Morgan fingerprint density at radius 1 is 1.18 bits per heavy atom. The van der Waals surface area contributed by atoms with Gasteiger partial charge in [-0.15, -0.1) is 0 Å². The van der Waals surface area contributed by atoms with Gasteiger partial charge in [-0.25, -0.2) is 9.97 Å². The van der Waals surface area contributed by atoms with E-state index in [2.05, 4.69) is 30.6 Å². The van der Waals surface area contributed by atoms with Gasteiger partial charge in [0.1, 0.15) is 5.52 Å². The lowest BCUT2D eigenvalue weighted by Crippen LogP contribution is -2.29. The van der Waals surface area contributed by atoms with Crippen LogP contribution in [0.25, 0.3) is 16.6 Å². The number of anilines is 3. The third-order valence-corrected chi connectivity index (χ3v) is 6.16. The van der Waals surface area contributed by atoms with E-state index < -0.39 is 0 Å². The molecular weight excluding hydrogens is 418 g/mol. The molecule has 0 saturated carbocycles. The third kappa shape index (κ3) is 3.76. The first-order valence-corrected chi connectivity index (χ1v) is 11.1. The summed E-state index contributed by atoms with van der Waals surface area (Å²) in [5.74, 6) is 0.902. The van der Waals surface area contributed by atoms with E-state index in [4.69, 9.17) is 0 Å². The molecule has 1 saturated heterocycles. The molecule has 5 rings (SSSR count). The topological polar surface area (TPSA) is 95.6 Å². The van der Waals surface area contributed by atoms with Crippen molar-refractivity contribution < 1.29 is 4.79 Å². The zero-order valence-corrected chi connectivity index (χ0v) is 19.6. The number of carbonyl (C=O) groups excluding carboxylic acids is 1. The zero-order valence-electron chi connectivity index (χ0n) is 19.6. The Labute approximate surface area is 192 Å². The fourth-order valence-electron chi connectivity index (χ4n) is 4.53. The summed E-state index contributed by atoms with van der Waals surface area (Å²) in [7, 11) is 7.70. The van der Waals surface area contributed by atoms with E-state index in [1.165, 1.54) is 0 Å². The highest BCUT2D eigenvalue weighted by atomic mass is 16.1. The highest BCUT2D eigenvalue weighted by Crippen LogP contribution is 2.31. The number of hydrogen-bond donors (Lipinski definition) is 2. The quantitative estimate of drug-likeness (QED) is 0.483.